The fourth-order valence-electron chi connectivity index (χ4n) is 8.55. The molecule has 0 spiro atoms. The first-order chi connectivity index (χ1) is 39.0. The molecule has 0 amide bonds. The normalized spacial score (nSPS) is 13.1. The second kappa shape index (κ2) is 65.8. The van der Waals surface area contributed by atoms with Gasteiger partial charge in [-0.05, 0) is 128 Å². The Morgan fingerprint density at radius 2 is 0.519 bits per heavy atom. The molecule has 79 heavy (non-hydrogen) atoms. The number of rotatable bonds is 57. The molecule has 0 aliphatic carbocycles. The van der Waals surface area contributed by atoms with Crippen LogP contribution in [0, 0.1) is 0 Å². The lowest BCUT2D eigenvalue weighted by Crippen LogP contribution is -2.30. The van der Waals surface area contributed by atoms with E-state index in [9.17, 15) is 14.4 Å². The minimum absolute atomic E-state index is 0.122. The summed E-state index contributed by atoms with van der Waals surface area (Å²) in [5.74, 6) is -1.05. The summed E-state index contributed by atoms with van der Waals surface area (Å²) in [7, 11) is 0. The second-order valence-electron chi connectivity index (χ2n) is 20.9. The number of carbonyl (C=O) groups excluding carboxylic acids is 3. The Morgan fingerprint density at radius 1 is 0.266 bits per heavy atom. The van der Waals surface area contributed by atoms with Gasteiger partial charge in [0, 0.05) is 19.3 Å². The van der Waals surface area contributed by atoms with Gasteiger partial charge in [-0.2, -0.15) is 0 Å². The van der Waals surface area contributed by atoms with Crippen LogP contribution in [0.5, 0.6) is 0 Å². The van der Waals surface area contributed by atoms with Crippen molar-refractivity contribution in [2.45, 2.75) is 284 Å². The number of carbonyl (C=O) groups is 3. The van der Waals surface area contributed by atoms with Gasteiger partial charge in [-0.3, -0.25) is 14.4 Å². The van der Waals surface area contributed by atoms with Crippen molar-refractivity contribution in [3.63, 3.8) is 0 Å². The lowest BCUT2D eigenvalue weighted by molar-refractivity contribution is -0.166. The van der Waals surface area contributed by atoms with E-state index in [0.29, 0.717) is 19.3 Å². The van der Waals surface area contributed by atoms with Crippen molar-refractivity contribution in [1.29, 1.82) is 0 Å². The van der Waals surface area contributed by atoms with Gasteiger partial charge in [0.05, 0.1) is 0 Å². The van der Waals surface area contributed by atoms with E-state index in [1.807, 2.05) is 12.2 Å². The SMILES string of the molecule is CC/C=C\C/C=C\C/C=C\C/C=C\C/C=C\C/C=C\CCCCC(=O)OC(COC(=O)CC/C=C\C/C=C\C/C=C\C/C=C\CC)COC(=O)CCCCCCCCCCCCCCCCC/C=C\C/C=C\CCCCCCC. The summed E-state index contributed by atoms with van der Waals surface area (Å²) in [5.41, 5.74) is 0. The van der Waals surface area contributed by atoms with Crippen LogP contribution in [-0.2, 0) is 28.6 Å². The van der Waals surface area contributed by atoms with Crippen LogP contribution in [0.1, 0.15) is 278 Å². The van der Waals surface area contributed by atoms with Crippen LogP contribution in [-0.4, -0.2) is 37.2 Å². The lowest BCUT2D eigenvalue weighted by Gasteiger charge is -2.18. The van der Waals surface area contributed by atoms with Crippen LogP contribution in [0.4, 0.5) is 0 Å². The molecule has 6 nitrogen and oxygen atoms in total. The summed E-state index contributed by atoms with van der Waals surface area (Å²) in [6.07, 6.45) is 94.5. The van der Waals surface area contributed by atoms with E-state index in [1.165, 1.54) is 122 Å². The first kappa shape index (κ1) is 74.3. The molecule has 0 aliphatic rings. The van der Waals surface area contributed by atoms with E-state index in [0.717, 1.165) is 103 Å². The van der Waals surface area contributed by atoms with Crippen molar-refractivity contribution >= 4 is 17.9 Å². The molecule has 1 atom stereocenters. The van der Waals surface area contributed by atoms with Crippen molar-refractivity contribution in [3.05, 3.63) is 146 Å². The number of esters is 3. The molecule has 446 valence electrons. The highest BCUT2D eigenvalue weighted by Crippen LogP contribution is 2.15. The quantitative estimate of drug-likeness (QED) is 0.0261. The van der Waals surface area contributed by atoms with E-state index in [-0.39, 0.29) is 44.0 Å². The Hall–Kier alpha value is -4.71. The topological polar surface area (TPSA) is 78.9 Å². The summed E-state index contributed by atoms with van der Waals surface area (Å²) >= 11 is 0. The Morgan fingerprint density at radius 3 is 0.873 bits per heavy atom. The van der Waals surface area contributed by atoms with E-state index in [2.05, 4.69) is 154 Å². The number of ether oxygens (including phenoxy) is 3. The Kier molecular flexibility index (Phi) is 61.9. The molecule has 0 fully saturated rings. The van der Waals surface area contributed by atoms with Gasteiger partial charge in [-0.1, -0.05) is 276 Å². The van der Waals surface area contributed by atoms with E-state index >= 15 is 0 Å². The number of hydrogen-bond donors (Lipinski definition) is 0. The van der Waals surface area contributed by atoms with Crippen molar-refractivity contribution in [1.82, 2.24) is 0 Å². The van der Waals surface area contributed by atoms with Crippen LogP contribution in [0.25, 0.3) is 0 Å². The third-order valence-electron chi connectivity index (χ3n) is 13.3. The molecule has 1 unspecified atom stereocenters. The first-order valence-electron chi connectivity index (χ1n) is 32.3. The molecule has 0 N–H and O–H groups in total. The van der Waals surface area contributed by atoms with E-state index in [1.54, 1.807) is 0 Å². The molecular formula is C73H118O6. The first-order valence-corrected chi connectivity index (χ1v) is 32.3. The molecule has 0 saturated heterocycles. The molecule has 0 aromatic carbocycles. The van der Waals surface area contributed by atoms with E-state index in [4.69, 9.17) is 14.2 Å². The zero-order chi connectivity index (χ0) is 57.1. The molecule has 0 rings (SSSR count). The maximum Gasteiger partial charge on any atom is 0.306 e. The molecule has 0 aliphatic heterocycles. The average Bonchev–Trinajstić information content (AvgIpc) is 3.45. The lowest BCUT2D eigenvalue weighted by atomic mass is 10.0. The molecule has 0 aromatic rings. The highest BCUT2D eigenvalue weighted by molar-refractivity contribution is 5.71. The van der Waals surface area contributed by atoms with Gasteiger partial charge in [0.1, 0.15) is 13.2 Å². The minimum Gasteiger partial charge on any atom is -0.462 e. The zero-order valence-corrected chi connectivity index (χ0v) is 51.1. The van der Waals surface area contributed by atoms with Gasteiger partial charge < -0.3 is 14.2 Å². The summed E-state index contributed by atoms with van der Waals surface area (Å²) in [6, 6.07) is 0. The van der Waals surface area contributed by atoms with Gasteiger partial charge in [0.2, 0.25) is 0 Å². The predicted molar refractivity (Wildman–Crippen MR) is 343 cm³/mol. The summed E-state index contributed by atoms with van der Waals surface area (Å²) in [6.45, 7) is 6.30. The fraction of sp³-hybridized carbons (Fsp3) is 0.630. The van der Waals surface area contributed by atoms with Gasteiger partial charge in [-0.25, -0.2) is 0 Å². The van der Waals surface area contributed by atoms with Gasteiger partial charge >= 0.3 is 17.9 Å². The van der Waals surface area contributed by atoms with Crippen molar-refractivity contribution < 1.29 is 28.6 Å². The molecule has 0 saturated carbocycles. The maximum absolute atomic E-state index is 12.9. The highest BCUT2D eigenvalue weighted by Gasteiger charge is 2.19. The zero-order valence-electron chi connectivity index (χ0n) is 51.1. The van der Waals surface area contributed by atoms with Crippen LogP contribution in [0.3, 0.4) is 0 Å². The van der Waals surface area contributed by atoms with Gasteiger partial charge in [-0.15, -0.1) is 0 Å². The summed E-state index contributed by atoms with van der Waals surface area (Å²) in [4.78, 5) is 38.2. The van der Waals surface area contributed by atoms with Crippen LogP contribution in [0.15, 0.2) is 146 Å². The van der Waals surface area contributed by atoms with Gasteiger partial charge in [0.15, 0.2) is 6.10 Å². The summed E-state index contributed by atoms with van der Waals surface area (Å²) < 4.78 is 16.8. The van der Waals surface area contributed by atoms with Crippen molar-refractivity contribution in [3.8, 4) is 0 Å². The number of hydrogen-bond acceptors (Lipinski definition) is 6. The van der Waals surface area contributed by atoms with Crippen LogP contribution >= 0.6 is 0 Å². The molecular weight excluding hydrogens is 973 g/mol. The predicted octanol–water partition coefficient (Wildman–Crippen LogP) is 22.3. The van der Waals surface area contributed by atoms with Crippen LogP contribution in [0.2, 0.25) is 0 Å². The van der Waals surface area contributed by atoms with E-state index < -0.39 is 6.10 Å². The fourth-order valence-corrected chi connectivity index (χ4v) is 8.55. The highest BCUT2D eigenvalue weighted by atomic mass is 16.6. The van der Waals surface area contributed by atoms with Crippen molar-refractivity contribution in [2.24, 2.45) is 0 Å². The Bertz CT molecular complexity index is 1730. The maximum atomic E-state index is 12.9. The largest absolute Gasteiger partial charge is 0.462 e. The van der Waals surface area contributed by atoms with Gasteiger partial charge in [0.25, 0.3) is 0 Å². The molecule has 0 heterocycles. The smallest absolute Gasteiger partial charge is 0.306 e. The van der Waals surface area contributed by atoms with Crippen LogP contribution < -0.4 is 0 Å². The third-order valence-corrected chi connectivity index (χ3v) is 13.3. The monoisotopic (exact) mass is 1090 g/mol. The minimum atomic E-state index is -0.837. The molecule has 6 heteroatoms. The third kappa shape index (κ3) is 64.0. The average molecular weight is 1090 g/mol. The molecule has 0 aromatic heterocycles. The van der Waals surface area contributed by atoms with Crippen molar-refractivity contribution in [2.75, 3.05) is 13.2 Å². The summed E-state index contributed by atoms with van der Waals surface area (Å²) in [5, 5.41) is 0. The number of allylic oxidation sites excluding steroid dienone is 24. The standard InChI is InChI=1S/C73H118O6/c1-4-7-10-13-16-19-22-25-27-29-31-33-34-35-36-37-38-40-41-43-45-48-51-54-57-60-63-66-72(75)78-69-70(68-77-71(74)65-62-59-56-53-50-47-24-21-18-15-12-9-6-3)79-73(76)67-64-61-58-55-52-49-46-44-42-39-32-30-28-26-23-20-17-14-11-8-5-2/h8-9,11-12,17-18,20-22,25-26,28-29,31-32,39,44,46-47,50,52,55-56,59,70H,4-7,10,13-16,19,23-24,27,30,33-38,40-43,45,48-49,51,53-54,57-58,60-69H2,1-3H3/b11-8-,12-9-,20-17-,21-18-,25-22-,28-26-,31-29-,39-32-,46-44-,50-47-,55-52-,59-56-. The second-order valence-corrected chi connectivity index (χ2v) is 20.9. The molecule has 0 bridgehead atoms. The molecule has 0 radical (unpaired) electrons. The number of unbranched alkanes of at least 4 members (excludes halogenated alkanes) is 22. The Labute approximate surface area is 487 Å². The Balaban J connectivity index is 4.41.